The maximum absolute atomic E-state index is 14.3. The molecule has 2 N–H and O–H groups in total. The van der Waals surface area contributed by atoms with E-state index in [9.17, 15) is 22.0 Å². The Balaban J connectivity index is 1.77. The van der Waals surface area contributed by atoms with Gasteiger partial charge in [0.1, 0.15) is 17.4 Å². The molecule has 1 aliphatic rings. The molecule has 11 heteroatoms. The molecule has 0 bridgehead atoms. The first-order valence-electron chi connectivity index (χ1n) is 8.73. The molecule has 2 aromatic rings. The number of rotatable bonds is 6. The maximum Gasteiger partial charge on any atom is 0.267 e. The van der Waals surface area contributed by atoms with Crippen LogP contribution in [0.3, 0.4) is 0 Å². The summed E-state index contributed by atoms with van der Waals surface area (Å²) in [6.45, 7) is 0. The summed E-state index contributed by atoms with van der Waals surface area (Å²) in [4.78, 5) is 15.9. The van der Waals surface area contributed by atoms with Crippen molar-refractivity contribution in [2.75, 3.05) is 11.6 Å². The summed E-state index contributed by atoms with van der Waals surface area (Å²) in [5.74, 6) is -3.46. The highest BCUT2D eigenvalue weighted by Gasteiger charge is 2.21. The van der Waals surface area contributed by atoms with Gasteiger partial charge >= 0.3 is 0 Å². The summed E-state index contributed by atoms with van der Waals surface area (Å²) in [7, 11) is -3.93. The molecule has 1 heterocycles. The molecule has 0 unspecified atom stereocenters. The van der Waals surface area contributed by atoms with Crippen LogP contribution in [0.25, 0.3) is 0 Å². The molecule has 1 saturated carbocycles. The molecule has 1 aliphatic carbocycles. The van der Waals surface area contributed by atoms with E-state index < -0.39 is 38.9 Å². The highest BCUT2D eigenvalue weighted by molar-refractivity contribution is 7.89. The molecule has 156 valence electrons. The predicted molar refractivity (Wildman–Crippen MR) is 104 cm³/mol. The van der Waals surface area contributed by atoms with Crippen LogP contribution in [-0.4, -0.2) is 31.6 Å². The van der Waals surface area contributed by atoms with Gasteiger partial charge in [0.15, 0.2) is 11.6 Å². The van der Waals surface area contributed by atoms with E-state index in [0.29, 0.717) is 24.0 Å². The van der Waals surface area contributed by atoms with Crippen molar-refractivity contribution in [1.82, 2.24) is 9.71 Å². The number of halogens is 3. The van der Waals surface area contributed by atoms with Gasteiger partial charge in [0.05, 0.1) is 23.0 Å². The highest BCUT2D eigenvalue weighted by Crippen LogP contribution is 2.32. The molecular formula is C18H18ClF2N3O4S. The summed E-state index contributed by atoms with van der Waals surface area (Å²) >= 11 is 6.19. The third-order valence-corrected chi connectivity index (χ3v) is 5.13. The second kappa shape index (κ2) is 8.50. The number of nitrogens with one attached hydrogen (secondary N) is 2. The highest BCUT2D eigenvalue weighted by atomic mass is 35.5. The zero-order chi connectivity index (χ0) is 21.2. The van der Waals surface area contributed by atoms with Gasteiger partial charge in [-0.1, -0.05) is 24.4 Å². The van der Waals surface area contributed by atoms with Crippen LogP contribution in [0.4, 0.5) is 14.6 Å². The Bertz CT molecular complexity index is 1040. The third kappa shape index (κ3) is 5.54. The maximum atomic E-state index is 14.3. The van der Waals surface area contributed by atoms with Gasteiger partial charge in [-0.15, -0.1) is 0 Å². The minimum absolute atomic E-state index is 0.0682. The zero-order valence-electron chi connectivity index (χ0n) is 15.3. The Labute approximate surface area is 171 Å². The Morgan fingerprint density at radius 2 is 1.90 bits per heavy atom. The van der Waals surface area contributed by atoms with E-state index in [4.69, 9.17) is 16.3 Å². The summed E-state index contributed by atoms with van der Waals surface area (Å²) in [6.07, 6.45) is 6.36. The van der Waals surface area contributed by atoms with E-state index in [1.165, 1.54) is 12.3 Å². The van der Waals surface area contributed by atoms with Gasteiger partial charge in [-0.25, -0.2) is 26.9 Å². The van der Waals surface area contributed by atoms with E-state index in [2.05, 4.69) is 10.3 Å². The molecule has 1 amide bonds. The van der Waals surface area contributed by atoms with Crippen LogP contribution < -0.4 is 14.8 Å². The molecule has 0 atom stereocenters. The average molecular weight is 446 g/mol. The van der Waals surface area contributed by atoms with Crippen LogP contribution in [0.15, 0.2) is 24.4 Å². The van der Waals surface area contributed by atoms with Gasteiger partial charge in [0.25, 0.3) is 5.91 Å². The number of aromatic nitrogens is 1. The molecule has 0 spiro atoms. The topological polar surface area (TPSA) is 97.4 Å². The minimum atomic E-state index is -3.93. The van der Waals surface area contributed by atoms with Crippen LogP contribution in [-0.2, 0) is 10.0 Å². The van der Waals surface area contributed by atoms with Crippen molar-refractivity contribution < 1.29 is 26.7 Å². The number of sulfonamides is 1. The van der Waals surface area contributed by atoms with Gasteiger partial charge < -0.3 is 10.1 Å². The molecular weight excluding hydrogens is 428 g/mol. The Morgan fingerprint density at radius 1 is 1.21 bits per heavy atom. The Kier molecular flexibility index (Phi) is 6.23. The first-order chi connectivity index (χ1) is 13.6. The van der Waals surface area contributed by atoms with Crippen LogP contribution in [0.1, 0.15) is 36.0 Å². The van der Waals surface area contributed by atoms with Crippen LogP contribution in [0.2, 0.25) is 5.02 Å². The van der Waals surface area contributed by atoms with Crippen LogP contribution >= 0.6 is 11.6 Å². The lowest BCUT2D eigenvalue weighted by molar-refractivity contribution is 0.0977. The fourth-order valence-electron chi connectivity index (χ4n) is 2.98. The van der Waals surface area contributed by atoms with E-state index in [1.807, 2.05) is 0 Å². The molecule has 1 aromatic carbocycles. The van der Waals surface area contributed by atoms with Gasteiger partial charge in [0, 0.05) is 18.2 Å². The molecule has 3 rings (SSSR count). The predicted octanol–water partition coefficient (Wildman–Crippen LogP) is 3.85. The lowest BCUT2D eigenvalue weighted by Gasteiger charge is -2.15. The molecule has 0 radical (unpaired) electrons. The summed E-state index contributed by atoms with van der Waals surface area (Å²) in [6, 6.07) is 2.90. The van der Waals surface area contributed by atoms with Gasteiger partial charge in [-0.3, -0.25) is 4.79 Å². The van der Waals surface area contributed by atoms with E-state index in [0.717, 1.165) is 31.9 Å². The first-order valence-corrected chi connectivity index (χ1v) is 11.0. The van der Waals surface area contributed by atoms with Crippen molar-refractivity contribution in [3.05, 3.63) is 46.6 Å². The number of ether oxygens (including phenoxy) is 1. The smallest absolute Gasteiger partial charge is 0.267 e. The van der Waals surface area contributed by atoms with E-state index >= 15 is 0 Å². The van der Waals surface area contributed by atoms with Crippen molar-refractivity contribution in [3.63, 3.8) is 0 Å². The zero-order valence-corrected chi connectivity index (χ0v) is 16.9. The summed E-state index contributed by atoms with van der Waals surface area (Å²) in [5, 5.41) is 3.50. The average Bonchev–Trinajstić information content (AvgIpc) is 3.12. The fraction of sp³-hybridized carbons (Fsp3) is 0.333. The minimum Gasteiger partial charge on any atom is -0.452 e. The van der Waals surface area contributed by atoms with Crippen molar-refractivity contribution in [3.8, 4) is 11.5 Å². The Hall–Kier alpha value is -2.46. The van der Waals surface area contributed by atoms with Gasteiger partial charge in [-0.2, -0.15) is 0 Å². The summed E-state index contributed by atoms with van der Waals surface area (Å²) < 4.78 is 57.5. The standard InChI is InChI=1S/C18H18ClF2N3O4S/c1-29(26,27)24-18(25)12-7-15(21)16(8-14(12)20)28-11-6-13(19)17(22-9-11)23-10-4-2-3-5-10/h6-10H,2-5H2,1H3,(H,22,23)(H,24,25). The number of carbonyl (C=O) groups excluding carboxylic acids is 1. The molecule has 1 aromatic heterocycles. The van der Waals surface area contributed by atoms with Crippen molar-refractivity contribution in [2.45, 2.75) is 31.7 Å². The van der Waals surface area contributed by atoms with Crippen molar-refractivity contribution in [2.24, 2.45) is 0 Å². The van der Waals surface area contributed by atoms with Gasteiger partial charge in [0.2, 0.25) is 10.0 Å². The number of hydrogen-bond acceptors (Lipinski definition) is 6. The number of benzene rings is 1. The van der Waals surface area contributed by atoms with Gasteiger partial charge in [-0.05, 0) is 18.9 Å². The quantitative estimate of drug-likeness (QED) is 0.701. The SMILES string of the molecule is CS(=O)(=O)NC(=O)c1cc(F)c(Oc2cnc(NC3CCCC3)c(Cl)c2)cc1F. The van der Waals surface area contributed by atoms with Crippen LogP contribution in [0.5, 0.6) is 11.5 Å². The van der Waals surface area contributed by atoms with Crippen LogP contribution in [0, 0.1) is 11.6 Å². The van der Waals surface area contributed by atoms with Crippen molar-refractivity contribution in [1.29, 1.82) is 0 Å². The molecule has 0 saturated heterocycles. The monoisotopic (exact) mass is 445 g/mol. The lowest BCUT2D eigenvalue weighted by Crippen LogP contribution is -2.30. The fourth-order valence-corrected chi connectivity index (χ4v) is 3.63. The number of anilines is 1. The van der Waals surface area contributed by atoms with E-state index in [-0.39, 0.29) is 10.8 Å². The lowest BCUT2D eigenvalue weighted by atomic mass is 10.2. The molecule has 0 aliphatic heterocycles. The number of pyridine rings is 1. The second-order valence-electron chi connectivity index (χ2n) is 6.70. The second-order valence-corrected chi connectivity index (χ2v) is 8.85. The number of hydrogen-bond donors (Lipinski definition) is 2. The van der Waals surface area contributed by atoms with Crippen molar-refractivity contribution >= 4 is 33.3 Å². The number of carbonyl (C=O) groups is 1. The number of nitrogens with zero attached hydrogens (tertiary/aromatic N) is 1. The summed E-state index contributed by atoms with van der Waals surface area (Å²) in [5.41, 5.74) is -0.771. The molecule has 1 fully saturated rings. The molecule has 29 heavy (non-hydrogen) atoms. The Morgan fingerprint density at radius 3 is 2.52 bits per heavy atom. The normalized spacial score (nSPS) is 14.6. The largest absolute Gasteiger partial charge is 0.452 e. The van der Waals surface area contributed by atoms with E-state index in [1.54, 1.807) is 4.72 Å². The number of amides is 1. The first kappa shape index (κ1) is 21.3. The molecule has 7 nitrogen and oxygen atoms in total. The third-order valence-electron chi connectivity index (χ3n) is 4.28.